The molecule has 1 aromatic heterocycles. The molecule has 2 rings (SSSR count). The Morgan fingerprint density at radius 3 is 2.50 bits per heavy atom. The Balaban J connectivity index is 1.94. The molecule has 100 valence electrons. The average molecular weight is 247 g/mol. The Labute approximate surface area is 110 Å². The second-order valence-corrected chi connectivity index (χ2v) is 6.01. The molecule has 1 heterocycles. The van der Waals surface area contributed by atoms with Gasteiger partial charge in [-0.2, -0.15) is 0 Å². The molecule has 2 heteroatoms. The lowest BCUT2D eigenvalue weighted by Gasteiger charge is -2.26. The molecule has 1 aliphatic carbocycles. The monoisotopic (exact) mass is 247 g/mol. The number of rotatable bonds is 4. The summed E-state index contributed by atoms with van der Waals surface area (Å²) < 4.78 is 2.31. The van der Waals surface area contributed by atoms with E-state index in [1.807, 2.05) is 6.07 Å². The van der Waals surface area contributed by atoms with Gasteiger partial charge in [-0.15, -0.1) is 0 Å². The first kappa shape index (κ1) is 13.4. The zero-order valence-electron chi connectivity index (χ0n) is 11.9. The molecule has 2 nitrogen and oxygen atoms in total. The third kappa shape index (κ3) is 2.85. The van der Waals surface area contributed by atoms with Gasteiger partial charge in [-0.05, 0) is 38.2 Å². The summed E-state index contributed by atoms with van der Waals surface area (Å²) in [6.45, 7) is 7.60. The summed E-state index contributed by atoms with van der Waals surface area (Å²) in [7, 11) is 0. The van der Waals surface area contributed by atoms with Gasteiger partial charge in [0, 0.05) is 23.5 Å². The summed E-state index contributed by atoms with van der Waals surface area (Å²) in [6, 6.07) is 2.01. The normalized spacial score (nSPS) is 24.2. The minimum absolute atomic E-state index is 0.852. The van der Waals surface area contributed by atoms with Crippen LogP contribution in [0.15, 0.2) is 6.07 Å². The highest BCUT2D eigenvalue weighted by Crippen LogP contribution is 2.31. The fourth-order valence-corrected chi connectivity index (χ4v) is 3.22. The molecular formula is C16H25NO. The Hall–Kier alpha value is -1.05. The molecule has 0 aliphatic heterocycles. The predicted molar refractivity (Wildman–Crippen MR) is 75.0 cm³/mol. The maximum Gasteiger partial charge on any atom is 0.151 e. The van der Waals surface area contributed by atoms with Gasteiger partial charge in [0.25, 0.3) is 0 Å². The van der Waals surface area contributed by atoms with Crippen molar-refractivity contribution in [1.82, 2.24) is 4.57 Å². The van der Waals surface area contributed by atoms with Crippen LogP contribution < -0.4 is 0 Å². The molecular weight excluding hydrogens is 222 g/mol. The summed E-state index contributed by atoms with van der Waals surface area (Å²) in [6.07, 6.45) is 7.81. The Bertz CT molecular complexity index is 411. The molecule has 0 N–H and O–H groups in total. The van der Waals surface area contributed by atoms with Gasteiger partial charge >= 0.3 is 0 Å². The highest BCUT2D eigenvalue weighted by molar-refractivity contribution is 5.77. The molecule has 0 radical (unpaired) electrons. The standard InChI is InChI=1S/C16H25NO/c1-12-4-6-15(7-5-12)8-9-17-13(2)10-16(11-18)14(17)3/h10-12,15H,4-9H2,1-3H3. The summed E-state index contributed by atoms with van der Waals surface area (Å²) in [5.74, 6) is 1.82. The molecule has 0 aromatic carbocycles. The van der Waals surface area contributed by atoms with Crippen LogP contribution in [-0.2, 0) is 6.54 Å². The molecule has 0 saturated heterocycles. The van der Waals surface area contributed by atoms with E-state index in [4.69, 9.17) is 0 Å². The maximum absolute atomic E-state index is 10.9. The number of aromatic nitrogens is 1. The largest absolute Gasteiger partial charge is 0.348 e. The number of carbonyl (C=O) groups is 1. The van der Waals surface area contributed by atoms with Gasteiger partial charge in [0.2, 0.25) is 0 Å². The fraction of sp³-hybridized carbons (Fsp3) is 0.688. The van der Waals surface area contributed by atoms with Gasteiger partial charge in [-0.1, -0.05) is 32.6 Å². The third-order valence-corrected chi connectivity index (χ3v) is 4.64. The van der Waals surface area contributed by atoms with Crippen LogP contribution in [0.4, 0.5) is 0 Å². The molecule has 18 heavy (non-hydrogen) atoms. The molecule has 0 atom stereocenters. The first-order chi connectivity index (χ1) is 8.61. The van der Waals surface area contributed by atoms with Crippen molar-refractivity contribution >= 4 is 6.29 Å². The zero-order valence-corrected chi connectivity index (χ0v) is 11.9. The van der Waals surface area contributed by atoms with Crippen molar-refractivity contribution in [3.63, 3.8) is 0 Å². The quantitative estimate of drug-likeness (QED) is 0.733. The van der Waals surface area contributed by atoms with Crippen molar-refractivity contribution in [2.75, 3.05) is 0 Å². The third-order valence-electron chi connectivity index (χ3n) is 4.64. The Kier molecular flexibility index (Phi) is 4.26. The second kappa shape index (κ2) is 5.73. The van der Waals surface area contributed by atoms with E-state index in [0.717, 1.165) is 35.9 Å². The molecule has 0 bridgehead atoms. The van der Waals surface area contributed by atoms with Crippen LogP contribution in [0.3, 0.4) is 0 Å². The summed E-state index contributed by atoms with van der Waals surface area (Å²) >= 11 is 0. The van der Waals surface area contributed by atoms with Gasteiger partial charge in [0.1, 0.15) is 0 Å². The average Bonchev–Trinajstić information content (AvgIpc) is 2.64. The molecule has 1 aromatic rings. The van der Waals surface area contributed by atoms with Gasteiger partial charge < -0.3 is 4.57 Å². The van der Waals surface area contributed by atoms with E-state index >= 15 is 0 Å². The first-order valence-corrected chi connectivity index (χ1v) is 7.23. The second-order valence-electron chi connectivity index (χ2n) is 6.01. The highest BCUT2D eigenvalue weighted by atomic mass is 16.1. The van der Waals surface area contributed by atoms with Crippen molar-refractivity contribution in [1.29, 1.82) is 0 Å². The van der Waals surface area contributed by atoms with Crippen LogP contribution in [0.5, 0.6) is 0 Å². The zero-order chi connectivity index (χ0) is 13.1. The summed E-state index contributed by atoms with van der Waals surface area (Å²) in [4.78, 5) is 10.9. The lowest BCUT2D eigenvalue weighted by atomic mass is 9.81. The van der Waals surface area contributed by atoms with E-state index in [0.29, 0.717) is 0 Å². The smallest absolute Gasteiger partial charge is 0.151 e. The summed E-state index contributed by atoms with van der Waals surface area (Å²) in [5, 5.41) is 0. The lowest BCUT2D eigenvalue weighted by molar-refractivity contribution is 0.112. The first-order valence-electron chi connectivity index (χ1n) is 7.23. The van der Waals surface area contributed by atoms with Crippen LogP contribution in [0.1, 0.15) is 60.8 Å². The van der Waals surface area contributed by atoms with Crippen molar-refractivity contribution in [2.45, 2.75) is 59.4 Å². The van der Waals surface area contributed by atoms with Gasteiger partial charge in [0.15, 0.2) is 6.29 Å². The lowest BCUT2D eigenvalue weighted by Crippen LogP contribution is -2.15. The number of hydrogen-bond donors (Lipinski definition) is 0. The van der Waals surface area contributed by atoms with Crippen molar-refractivity contribution in [3.05, 3.63) is 23.0 Å². The number of aryl methyl sites for hydroxylation is 1. The molecule has 0 unspecified atom stereocenters. The van der Waals surface area contributed by atoms with Crippen LogP contribution >= 0.6 is 0 Å². The molecule has 1 aliphatic rings. The molecule has 1 saturated carbocycles. The molecule has 0 spiro atoms. The number of aldehydes is 1. The van der Waals surface area contributed by atoms with Gasteiger partial charge in [-0.25, -0.2) is 0 Å². The minimum Gasteiger partial charge on any atom is -0.348 e. The Morgan fingerprint density at radius 2 is 1.94 bits per heavy atom. The predicted octanol–water partition coefficient (Wildman–Crippen LogP) is 4.13. The molecule has 1 fully saturated rings. The topological polar surface area (TPSA) is 22.0 Å². The minimum atomic E-state index is 0.852. The highest BCUT2D eigenvalue weighted by Gasteiger charge is 2.18. The van der Waals surface area contributed by atoms with Crippen molar-refractivity contribution < 1.29 is 4.79 Å². The van der Waals surface area contributed by atoms with Gasteiger partial charge in [-0.3, -0.25) is 4.79 Å². The van der Waals surface area contributed by atoms with E-state index in [1.54, 1.807) is 0 Å². The van der Waals surface area contributed by atoms with Crippen LogP contribution in [0.25, 0.3) is 0 Å². The van der Waals surface area contributed by atoms with Crippen LogP contribution in [0.2, 0.25) is 0 Å². The number of carbonyl (C=O) groups excluding carboxylic acids is 1. The SMILES string of the molecule is Cc1cc(C=O)c(C)n1CCC1CCC(C)CC1. The van der Waals surface area contributed by atoms with E-state index in [9.17, 15) is 4.79 Å². The summed E-state index contributed by atoms with van der Waals surface area (Å²) in [5.41, 5.74) is 3.20. The number of hydrogen-bond acceptors (Lipinski definition) is 1. The Morgan fingerprint density at radius 1 is 1.28 bits per heavy atom. The van der Waals surface area contributed by atoms with E-state index in [-0.39, 0.29) is 0 Å². The van der Waals surface area contributed by atoms with E-state index in [1.165, 1.54) is 37.8 Å². The fourth-order valence-electron chi connectivity index (χ4n) is 3.22. The molecule has 0 amide bonds. The van der Waals surface area contributed by atoms with E-state index < -0.39 is 0 Å². The van der Waals surface area contributed by atoms with Gasteiger partial charge in [0.05, 0.1) is 0 Å². The van der Waals surface area contributed by atoms with Crippen LogP contribution in [-0.4, -0.2) is 10.9 Å². The van der Waals surface area contributed by atoms with Crippen molar-refractivity contribution in [2.24, 2.45) is 11.8 Å². The van der Waals surface area contributed by atoms with Crippen molar-refractivity contribution in [3.8, 4) is 0 Å². The maximum atomic E-state index is 10.9. The van der Waals surface area contributed by atoms with Crippen LogP contribution in [0, 0.1) is 25.7 Å². The van der Waals surface area contributed by atoms with E-state index in [2.05, 4.69) is 25.3 Å². The number of nitrogens with zero attached hydrogens (tertiary/aromatic N) is 1.